The fraction of sp³-hybridized carbons (Fsp3) is 0.460. The maximum atomic E-state index is 12.3. The number of fused-ring (bicyclic) bond motifs is 5. The molecule has 4 fully saturated rings. The quantitative estimate of drug-likeness (QED) is 0.0406. The van der Waals surface area contributed by atoms with E-state index in [-0.39, 0.29) is 89.0 Å². The smallest absolute Gasteiger partial charge is 0.256 e. The molecule has 10 heterocycles. The number of nitrogens with zero attached hydrogens (tertiary/aromatic N) is 5. The van der Waals surface area contributed by atoms with Crippen molar-refractivity contribution in [1.82, 2.24) is 49.4 Å². The first kappa shape index (κ1) is 79.4. The molecule has 20 heteroatoms. The molecule has 5 aromatic heterocycles. The number of aromatic amines is 5. The number of β-amino-alcohol motifs (C(OH)–C–C–N with tert-alkyl or cyclic N) is 2. The standard InChI is InChI=1S/2C18H24N2O2.2C17H22N2O2.C17H20N2O2/c2*1-12(2)17-16(10-20-9-5-6-13(20)11-21)14-7-3-4-8-15(14)18(22)19-17;2*1-11(2)16-15(10-19-8-7-12(20)9-19)13-5-3-4-6-14(13)17(21)18-16;1-2-16-15(11-19-9-7-12(20)8-10-19)13-5-3-4-6-14(13)17(21)18-16/h2*3-4,7-8,12-13,21H,5-6,9-11H2,1-2H3,(H,19,22);2*3-6,11-12,20H,7-10H2,1-2H3,(H,18,21);3-7,20H,2,8-11H2,1H3,(H,18,21)/t2*13-;2*12-;/m1010./s1. The molecule has 0 saturated carbocycles. The van der Waals surface area contributed by atoms with Crippen molar-refractivity contribution in [1.29, 1.82) is 0 Å². The van der Waals surface area contributed by atoms with E-state index < -0.39 is 0 Å². The highest BCUT2D eigenvalue weighted by atomic mass is 16.3. The number of H-pyrrole nitrogens is 5. The Morgan fingerprint density at radius 1 is 0.383 bits per heavy atom. The normalized spacial score (nSPS) is 18.9. The van der Waals surface area contributed by atoms with E-state index in [2.05, 4.69) is 112 Å². The monoisotopic (exact) mass is 1460 g/mol. The zero-order valence-electron chi connectivity index (χ0n) is 64.0. The summed E-state index contributed by atoms with van der Waals surface area (Å²) in [7, 11) is 0. The predicted octanol–water partition coefficient (Wildman–Crippen LogP) is 12.4. The molecular weight excluding hydrogens is 1350 g/mol. The molecule has 570 valence electrons. The summed E-state index contributed by atoms with van der Waals surface area (Å²) < 4.78 is 0. The number of likely N-dealkylation sites (tertiary alicyclic amines) is 4. The molecule has 0 aliphatic carbocycles. The van der Waals surface area contributed by atoms with E-state index in [0.717, 1.165) is 199 Å². The molecule has 107 heavy (non-hydrogen) atoms. The molecule has 5 aliphatic heterocycles. The number of nitrogens with one attached hydrogen (secondary N) is 5. The Balaban J connectivity index is 0.000000133. The predicted molar refractivity (Wildman–Crippen MR) is 432 cm³/mol. The van der Waals surface area contributed by atoms with Crippen LogP contribution in [0.3, 0.4) is 0 Å². The van der Waals surface area contributed by atoms with Gasteiger partial charge in [-0.3, -0.25) is 48.5 Å². The highest BCUT2D eigenvalue weighted by molar-refractivity contribution is 5.89. The van der Waals surface area contributed by atoms with Crippen LogP contribution in [0.4, 0.5) is 0 Å². The minimum absolute atomic E-state index is 0.0109. The maximum absolute atomic E-state index is 12.3. The Labute approximate surface area is 626 Å². The van der Waals surface area contributed by atoms with E-state index in [4.69, 9.17) is 0 Å². The average molecular weight is 1460 g/mol. The first-order valence-electron chi connectivity index (χ1n) is 38.8. The van der Waals surface area contributed by atoms with Crippen LogP contribution < -0.4 is 27.8 Å². The van der Waals surface area contributed by atoms with Gasteiger partial charge < -0.3 is 50.5 Å². The zero-order valence-corrected chi connectivity index (χ0v) is 64.0. The van der Waals surface area contributed by atoms with Gasteiger partial charge in [0.25, 0.3) is 27.8 Å². The van der Waals surface area contributed by atoms with Gasteiger partial charge in [-0.2, -0.15) is 0 Å². The van der Waals surface area contributed by atoms with Gasteiger partial charge in [0.05, 0.1) is 31.2 Å². The van der Waals surface area contributed by atoms with Gasteiger partial charge in [-0.1, -0.05) is 153 Å². The highest BCUT2D eigenvalue weighted by Crippen LogP contribution is 2.33. The lowest BCUT2D eigenvalue weighted by molar-refractivity contribution is 0.153. The van der Waals surface area contributed by atoms with Crippen LogP contribution in [0.15, 0.2) is 157 Å². The van der Waals surface area contributed by atoms with Gasteiger partial charge in [0.15, 0.2) is 0 Å². The molecule has 0 unspecified atom stereocenters. The minimum Gasteiger partial charge on any atom is -0.513 e. The van der Waals surface area contributed by atoms with Crippen LogP contribution in [-0.2, 0) is 39.1 Å². The topological polar surface area (TPSA) is 282 Å². The Morgan fingerprint density at radius 2 is 0.682 bits per heavy atom. The van der Waals surface area contributed by atoms with Crippen molar-refractivity contribution in [3.8, 4) is 0 Å². The van der Waals surface area contributed by atoms with E-state index in [1.54, 1.807) is 0 Å². The fourth-order valence-electron chi connectivity index (χ4n) is 16.4. The Bertz CT molecular complexity index is 4800. The summed E-state index contributed by atoms with van der Waals surface area (Å²) in [5.41, 5.74) is 11.0. The number of hydrogen-bond acceptors (Lipinski definition) is 15. The van der Waals surface area contributed by atoms with Crippen molar-refractivity contribution in [2.45, 2.75) is 194 Å². The van der Waals surface area contributed by atoms with E-state index in [1.165, 1.54) is 27.8 Å². The molecular formula is C87H112N10O10. The number of pyridine rings is 5. The highest BCUT2D eigenvalue weighted by Gasteiger charge is 2.30. The van der Waals surface area contributed by atoms with Crippen molar-refractivity contribution >= 4 is 53.9 Å². The van der Waals surface area contributed by atoms with E-state index in [9.17, 15) is 49.5 Å². The molecule has 0 radical (unpaired) electrons. The van der Waals surface area contributed by atoms with Crippen LogP contribution in [0.25, 0.3) is 53.9 Å². The Hall–Kier alpha value is -8.67. The molecule has 5 aliphatic rings. The summed E-state index contributed by atoms with van der Waals surface area (Å²) in [4.78, 5) is 88.0. The summed E-state index contributed by atoms with van der Waals surface area (Å²) in [6.07, 6.45) is 8.95. The van der Waals surface area contributed by atoms with Crippen molar-refractivity contribution in [2.75, 3.05) is 65.6 Å². The minimum atomic E-state index is -0.221. The summed E-state index contributed by atoms with van der Waals surface area (Å²) in [6, 6.07) is 39.5. The van der Waals surface area contributed by atoms with Gasteiger partial charge in [-0.25, -0.2) is 0 Å². The van der Waals surface area contributed by atoms with Gasteiger partial charge in [0.1, 0.15) is 0 Å². The number of aromatic nitrogens is 5. The third-order valence-corrected chi connectivity index (χ3v) is 22.1. The maximum Gasteiger partial charge on any atom is 0.256 e. The molecule has 10 N–H and O–H groups in total. The summed E-state index contributed by atoms with van der Waals surface area (Å²) in [6.45, 7) is 30.1. The SMILES string of the molecule is CC(C)c1[nH]c(=O)c2ccccc2c1CN1CCC[C@@H]1CO.CC(C)c1[nH]c(=O)c2ccccc2c1CN1CCC[C@H]1CO.CC(C)c1[nH]c(=O)c2ccccc2c1CN1CC[C@@H](O)C1.CC(C)c1[nH]c(=O)c2ccccc2c1CN1CC[C@H](O)C1.CCc1[nH]c(=O)c2ccccc2c1CN1CC=C(O)CC1. The fourth-order valence-corrected chi connectivity index (χ4v) is 16.4. The Morgan fingerprint density at radius 3 is 0.963 bits per heavy atom. The van der Waals surface area contributed by atoms with Crippen LogP contribution in [0.1, 0.15) is 187 Å². The molecule has 0 spiro atoms. The largest absolute Gasteiger partial charge is 0.513 e. The lowest BCUT2D eigenvalue weighted by atomic mass is 9.97. The van der Waals surface area contributed by atoms with Crippen LogP contribution in [0, 0.1) is 0 Å². The van der Waals surface area contributed by atoms with E-state index >= 15 is 0 Å². The first-order chi connectivity index (χ1) is 51.5. The molecule has 4 saturated heterocycles. The molecule has 0 bridgehead atoms. The number of aliphatic hydroxyl groups excluding tert-OH is 5. The Kier molecular flexibility index (Phi) is 27.1. The van der Waals surface area contributed by atoms with Crippen molar-refractivity contribution < 1.29 is 25.5 Å². The van der Waals surface area contributed by atoms with E-state index in [1.807, 2.05) is 127 Å². The number of benzene rings is 5. The van der Waals surface area contributed by atoms with Crippen LogP contribution >= 0.6 is 0 Å². The summed E-state index contributed by atoms with van der Waals surface area (Å²) in [5, 5.41) is 57.0. The third kappa shape index (κ3) is 18.9. The molecule has 5 aromatic carbocycles. The van der Waals surface area contributed by atoms with Crippen LogP contribution in [0.2, 0.25) is 0 Å². The average Bonchev–Trinajstić information content (AvgIpc) is 1.68. The summed E-state index contributed by atoms with van der Waals surface area (Å²) >= 11 is 0. The third-order valence-electron chi connectivity index (χ3n) is 22.1. The first-order valence-corrected chi connectivity index (χ1v) is 38.8. The van der Waals surface area contributed by atoms with Crippen molar-refractivity contribution in [3.63, 3.8) is 0 Å². The molecule has 4 atom stereocenters. The molecule has 15 rings (SSSR count). The number of hydrogen-bond donors (Lipinski definition) is 10. The van der Waals surface area contributed by atoms with Crippen molar-refractivity contribution in [3.05, 3.63) is 241 Å². The second kappa shape index (κ2) is 36.5. The van der Waals surface area contributed by atoms with Gasteiger partial charge >= 0.3 is 0 Å². The second-order valence-electron chi connectivity index (χ2n) is 30.9. The molecule has 0 amide bonds. The van der Waals surface area contributed by atoms with Crippen molar-refractivity contribution in [2.24, 2.45) is 0 Å². The van der Waals surface area contributed by atoms with Gasteiger partial charge in [-0.05, 0) is 173 Å². The zero-order chi connectivity index (χ0) is 76.2. The van der Waals surface area contributed by atoms with Gasteiger partial charge in [-0.15, -0.1) is 0 Å². The lowest BCUT2D eigenvalue weighted by Gasteiger charge is -2.26. The number of aliphatic hydroxyl groups is 5. The van der Waals surface area contributed by atoms with Gasteiger partial charge in [0.2, 0.25) is 0 Å². The van der Waals surface area contributed by atoms with Crippen LogP contribution in [-0.4, -0.2) is 165 Å². The lowest BCUT2D eigenvalue weighted by Crippen LogP contribution is -2.32. The number of aryl methyl sites for hydroxylation is 1. The summed E-state index contributed by atoms with van der Waals surface area (Å²) in [5.74, 6) is 1.55. The number of rotatable bonds is 17. The second-order valence-corrected chi connectivity index (χ2v) is 30.9. The van der Waals surface area contributed by atoms with Gasteiger partial charge in [0, 0.05) is 146 Å². The van der Waals surface area contributed by atoms with E-state index in [0.29, 0.717) is 25.3 Å². The van der Waals surface area contributed by atoms with Crippen LogP contribution in [0.5, 0.6) is 0 Å². The molecule has 10 aromatic rings. The molecule has 20 nitrogen and oxygen atoms in total.